The average molecular weight is 213 g/mol. The molecule has 1 aliphatic heterocycles. The minimum Gasteiger partial charge on any atom is -0.312 e. The summed E-state index contributed by atoms with van der Waals surface area (Å²) in [5.74, 6) is 1.20. The summed E-state index contributed by atoms with van der Waals surface area (Å²) in [4.78, 5) is 17.1. The van der Waals surface area contributed by atoms with Gasteiger partial charge in [0.1, 0.15) is 0 Å². The molecule has 0 spiro atoms. The fraction of sp³-hybridized carbons (Fsp3) is 0.273. The normalized spacial score (nSPS) is 14.5. The molecule has 0 atom stereocenters. The van der Waals surface area contributed by atoms with Gasteiger partial charge < -0.3 is 5.32 Å². The molecule has 0 saturated carbocycles. The number of hydrogen-bond donors (Lipinski definition) is 1. The van der Waals surface area contributed by atoms with Crippen molar-refractivity contribution in [2.24, 2.45) is 0 Å². The number of aromatic nitrogens is 4. The van der Waals surface area contributed by atoms with E-state index < -0.39 is 0 Å². The lowest BCUT2D eigenvalue weighted by Gasteiger charge is -2.15. The minimum absolute atomic E-state index is 0.587. The zero-order valence-electron chi connectivity index (χ0n) is 8.72. The molecular formula is C11H11N5. The Kier molecular flexibility index (Phi) is 2.30. The van der Waals surface area contributed by atoms with Gasteiger partial charge in [-0.25, -0.2) is 19.9 Å². The van der Waals surface area contributed by atoms with Gasteiger partial charge in [0.25, 0.3) is 0 Å². The highest BCUT2D eigenvalue weighted by atomic mass is 15.0. The summed E-state index contributed by atoms with van der Waals surface area (Å²) in [5.41, 5.74) is 2.28. The zero-order chi connectivity index (χ0) is 10.8. The van der Waals surface area contributed by atoms with Crippen LogP contribution in [0.25, 0.3) is 11.6 Å². The van der Waals surface area contributed by atoms with Gasteiger partial charge in [-0.2, -0.15) is 0 Å². The summed E-state index contributed by atoms with van der Waals surface area (Å²) in [6.07, 6.45) is 6.21. The van der Waals surface area contributed by atoms with Gasteiger partial charge in [0, 0.05) is 43.7 Å². The maximum atomic E-state index is 4.51. The van der Waals surface area contributed by atoms with Crippen LogP contribution in [-0.4, -0.2) is 26.5 Å². The maximum absolute atomic E-state index is 4.51. The van der Waals surface area contributed by atoms with Crippen molar-refractivity contribution in [3.05, 3.63) is 35.9 Å². The highest BCUT2D eigenvalue weighted by Crippen LogP contribution is 2.14. The van der Waals surface area contributed by atoms with E-state index in [0.29, 0.717) is 11.6 Å². The van der Waals surface area contributed by atoms with E-state index in [1.54, 1.807) is 18.5 Å². The Morgan fingerprint density at radius 3 is 2.81 bits per heavy atom. The van der Waals surface area contributed by atoms with Gasteiger partial charge in [0.05, 0.1) is 5.69 Å². The molecule has 1 N–H and O–H groups in total. The molecule has 5 heteroatoms. The SMILES string of the molecule is c1cnc(-c2ncc3c(n2)CCNC3)nc1. The Bertz CT molecular complexity index is 497. The second kappa shape index (κ2) is 3.94. The Morgan fingerprint density at radius 2 is 1.94 bits per heavy atom. The lowest BCUT2D eigenvalue weighted by molar-refractivity contribution is 0.626. The number of nitrogens with one attached hydrogen (secondary N) is 1. The molecule has 0 unspecified atom stereocenters. The first-order chi connectivity index (χ1) is 7.93. The molecule has 3 heterocycles. The first-order valence-electron chi connectivity index (χ1n) is 5.26. The molecule has 0 amide bonds. The molecule has 0 fully saturated rings. The third-order valence-corrected chi connectivity index (χ3v) is 2.57. The second-order valence-electron chi connectivity index (χ2n) is 3.66. The van der Waals surface area contributed by atoms with Crippen molar-refractivity contribution in [1.82, 2.24) is 25.3 Å². The number of nitrogens with zero attached hydrogens (tertiary/aromatic N) is 4. The van der Waals surface area contributed by atoms with E-state index in [2.05, 4.69) is 25.3 Å². The monoisotopic (exact) mass is 213 g/mol. The van der Waals surface area contributed by atoms with Gasteiger partial charge in [0.2, 0.25) is 0 Å². The van der Waals surface area contributed by atoms with Crippen molar-refractivity contribution in [3.8, 4) is 11.6 Å². The van der Waals surface area contributed by atoms with Crippen LogP contribution in [0.3, 0.4) is 0 Å². The smallest absolute Gasteiger partial charge is 0.197 e. The third-order valence-electron chi connectivity index (χ3n) is 2.57. The molecule has 5 nitrogen and oxygen atoms in total. The molecule has 2 aromatic heterocycles. The third kappa shape index (κ3) is 1.65. The quantitative estimate of drug-likeness (QED) is 0.750. The van der Waals surface area contributed by atoms with E-state index in [9.17, 15) is 0 Å². The van der Waals surface area contributed by atoms with Crippen LogP contribution in [0.2, 0.25) is 0 Å². The van der Waals surface area contributed by atoms with Crippen molar-refractivity contribution in [1.29, 1.82) is 0 Å². The molecule has 16 heavy (non-hydrogen) atoms. The zero-order valence-corrected chi connectivity index (χ0v) is 8.72. The number of fused-ring (bicyclic) bond motifs is 1. The van der Waals surface area contributed by atoms with Crippen LogP contribution in [0.15, 0.2) is 24.7 Å². The summed E-state index contributed by atoms with van der Waals surface area (Å²) in [5, 5.41) is 3.29. The molecule has 1 aliphatic rings. The summed E-state index contributed by atoms with van der Waals surface area (Å²) in [6.45, 7) is 1.82. The van der Waals surface area contributed by atoms with Gasteiger partial charge in [-0.3, -0.25) is 0 Å². The molecule has 0 radical (unpaired) electrons. The van der Waals surface area contributed by atoms with Crippen molar-refractivity contribution < 1.29 is 0 Å². The fourth-order valence-corrected chi connectivity index (χ4v) is 1.76. The topological polar surface area (TPSA) is 63.6 Å². The molecule has 80 valence electrons. The van der Waals surface area contributed by atoms with Crippen LogP contribution >= 0.6 is 0 Å². The Labute approximate surface area is 93.0 Å². The van der Waals surface area contributed by atoms with Crippen molar-refractivity contribution in [3.63, 3.8) is 0 Å². The van der Waals surface area contributed by atoms with E-state index in [1.807, 2.05) is 6.20 Å². The van der Waals surface area contributed by atoms with Crippen molar-refractivity contribution in [2.75, 3.05) is 6.54 Å². The standard InChI is InChI=1S/C11H11N5/c1-3-13-10(14-4-1)11-15-7-8-6-12-5-2-9(8)16-11/h1,3-4,7,12H,2,5-6H2. The van der Waals surface area contributed by atoms with E-state index in [0.717, 1.165) is 25.2 Å². The Hall–Kier alpha value is -1.88. The Balaban J connectivity index is 2.03. The van der Waals surface area contributed by atoms with E-state index >= 15 is 0 Å². The lowest BCUT2D eigenvalue weighted by Crippen LogP contribution is -2.25. The number of hydrogen-bond acceptors (Lipinski definition) is 5. The van der Waals surface area contributed by atoms with E-state index in [1.165, 1.54) is 5.56 Å². The highest BCUT2D eigenvalue weighted by Gasteiger charge is 2.12. The van der Waals surface area contributed by atoms with E-state index in [4.69, 9.17) is 0 Å². The van der Waals surface area contributed by atoms with Crippen molar-refractivity contribution >= 4 is 0 Å². The molecule has 0 aliphatic carbocycles. The van der Waals surface area contributed by atoms with Crippen LogP contribution in [0.1, 0.15) is 11.3 Å². The largest absolute Gasteiger partial charge is 0.312 e. The van der Waals surface area contributed by atoms with E-state index in [-0.39, 0.29) is 0 Å². The predicted octanol–water partition coefficient (Wildman–Crippen LogP) is 0.579. The van der Waals surface area contributed by atoms with Crippen LogP contribution < -0.4 is 5.32 Å². The van der Waals surface area contributed by atoms with Gasteiger partial charge in [-0.05, 0) is 6.07 Å². The van der Waals surface area contributed by atoms with Gasteiger partial charge in [0.15, 0.2) is 11.6 Å². The predicted molar refractivity (Wildman–Crippen MR) is 58.5 cm³/mol. The second-order valence-corrected chi connectivity index (χ2v) is 3.66. The van der Waals surface area contributed by atoms with Crippen LogP contribution in [0.5, 0.6) is 0 Å². The summed E-state index contributed by atoms with van der Waals surface area (Å²) in [7, 11) is 0. The van der Waals surface area contributed by atoms with Crippen LogP contribution in [-0.2, 0) is 13.0 Å². The summed E-state index contributed by atoms with van der Waals surface area (Å²) in [6, 6.07) is 1.78. The van der Waals surface area contributed by atoms with Gasteiger partial charge in [-0.1, -0.05) is 0 Å². The molecule has 0 bridgehead atoms. The molecule has 3 rings (SSSR count). The summed E-state index contributed by atoms with van der Waals surface area (Å²) < 4.78 is 0. The lowest BCUT2D eigenvalue weighted by atomic mass is 10.1. The van der Waals surface area contributed by atoms with Crippen LogP contribution in [0, 0.1) is 0 Å². The van der Waals surface area contributed by atoms with Crippen LogP contribution in [0.4, 0.5) is 0 Å². The van der Waals surface area contributed by atoms with Crippen molar-refractivity contribution in [2.45, 2.75) is 13.0 Å². The number of rotatable bonds is 1. The Morgan fingerprint density at radius 1 is 1.06 bits per heavy atom. The molecule has 0 aromatic carbocycles. The minimum atomic E-state index is 0.587. The average Bonchev–Trinajstić information content (AvgIpc) is 2.39. The maximum Gasteiger partial charge on any atom is 0.197 e. The summed E-state index contributed by atoms with van der Waals surface area (Å²) >= 11 is 0. The fourth-order valence-electron chi connectivity index (χ4n) is 1.76. The first kappa shape index (κ1) is 9.35. The first-order valence-corrected chi connectivity index (χ1v) is 5.26. The van der Waals surface area contributed by atoms with Gasteiger partial charge in [-0.15, -0.1) is 0 Å². The molecular weight excluding hydrogens is 202 g/mol. The molecule has 2 aromatic rings. The molecule has 0 saturated heterocycles. The highest BCUT2D eigenvalue weighted by molar-refractivity contribution is 5.43. The van der Waals surface area contributed by atoms with Gasteiger partial charge >= 0.3 is 0 Å².